The Bertz CT molecular complexity index is 1110. The highest BCUT2D eigenvalue weighted by atomic mass is 35.5. The fourth-order valence-corrected chi connectivity index (χ4v) is 4.27. The van der Waals surface area contributed by atoms with Gasteiger partial charge in [-0.1, -0.05) is 29.6 Å². The minimum Gasteiger partial charge on any atom is -0.480 e. The summed E-state index contributed by atoms with van der Waals surface area (Å²) in [6.45, 7) is 0.500. The number of furan rings is 1. The van der Waals surface area contributed by atoms with Crippen molar-refractivity contribution in [3.05, 3.63) is 63.5 Å². The summed E-state index contributed by atoms with van der Waals surface area (Å²) in [5.74, 6) is -2.31. The number of hydrogen-bond donors (Lipinski definition) is 5. The van der Waals surface area contributed by atoms with Gasteiger partial charge < -0.3 is 30.8 Å². The van der Waals surface area contributed by atoms with Gasteiger partial charge in [0.2, 0.25) is 11.8 Å². The van der Waals surface area contributed by atoms with Crippen molar-refractivity contribution < 1.29 is 28.7 Å². The lowest BCUT2D eigenvalue weighted by molar-refractivity contribution is -0.139. The van der Waals surface area contributed by atoms with Gasteiger partial charge in [0.1, 0.15) is 11.8 Å². The highest BCUT2D eigenvalue weighted by Gasteiger charge is 2.26. The van der Waals surface area contributed by atoms with Crippen molar-refractivity contribution in [2.75, 3.05) is 13.1 Å². The first-order valence-electron chi connectivity index (χ1n) is 11.3. The normalized spacial score (nSPS) is 16.3. The third-order valence-electron chi connectivity index (χ3n) is 5.45. The zero-order valence-corrected chi connectivity index (χ0v) is 20.7. The smallest absolute Gasteiger partial charge is 0.328 e. The SMILES string of the molecule is O=C(C=Cc1ccco1)NCc1cc(Cl)c(C(=O)N[C@@H](CNC(=O)[C@@H]2CCCCN2)C(=O)O)c(Cl)c1. The maximum absolute atomic E-state index is 12.8. The lowest BCUT2D eigenvalue weighted by atomic mass is 10.0. The van der Waals surface area contributed by atoms with Gasteiger partial charge in [-0.3, -0.25) is 14.4 Å². The van der Waals surface area contributed by atoms with Crippen molar-refractivity contribution in [2.24, 2.45) is 0 Å². The molecular formula is C24H26Cl2N4O6. The molecule has 0 saturated carbocycles. The molecule has 36 heavy (non-hydrogen) atoms. The third-order valence-corrected chi connectivity index (χ3v) is 6.04. The van der Waals surface area contributed by atoms with Crippen molar-refractivity contribution in [3.63, 3.8) is 0 Å². The van der Waals surface area contributed by atoms with E-state index >= 15 is 0 Å². The fourth-order valence-electron chi connectivity index (χ4n) is 3.57. The van der Waals surface area contributed by atoms with Crippen LogP contribution in [0.4, 0.5) is 0 Å². The second-order valence-corrected chi connectivity index (χ2v) is 8.93. The molecule has 2 heterocycles. The molecule has 1 aromatic heterocycles. The zero-order chi connectivity index (χ0) is 26.1. The predicted octanol–water partition coefficient (Wildman–Crippen LogP) is 2.36. The average Bonchev–Trinajstić information content (AvgIpc) is 3.37. The first-order chi connectivity index (χ1) is 17.2. The molecule has 192 valence electrons. The number of benzene rings is 1. The molecule has 0 spiro atoms. The topological polar surface area (TPSA) is 150 Å². The van der Waals surface area contributed by atoms with E-state index in [-0.39, 0.29) is 46.6 Å². The quantitative estimate of drug-likeness (QED) is 0.292. The summed E-state index contributed by atoms with van der Waals surface area (Å²) in [6, 6.07) is 4.52. The molecule has 0 bridgehead atoms. The van der Waals surface area contributed by atoms with Crippen molar-refractivity contribution >= 4 is 53.0 Å². The summed E-state index contributed by atoms with van der Waals surface area (Å²) in [5.41, 5.74) is 0.418. The molecule has 1 fully saturated rings. The van der Waals surface area contributed by atoms with Gasteiger partial charge >= 0.3 is 5.97 Å². The number of aliphatic carboxylic acids is 1. The Morgan fingerprint density at radius 2 is 1.92 bits per heavy atom. The highest BCUT2D eigenvalue weighted by Crippen LogP contribution is 2.27. The van der Waals surface area contributed by atoms with E-state index in [1.807, 2.05) is 0 Å². The molecule has 12 heteroatoms. The van der Waals surface area contributed by atoms with E-state index < -0.39 is 17.9 Å². The van der Waals surface area contributed by atoms with E-state index in [0.29, 0.717) is 17.7 Å². The van der Waals surface area contributed by atoms with E-state index in [0.717, 1.165) is 19.4 Å². The van der Waals surface area contributed by atoms with Gasteiger partial charge in [0, 0.05) is 19.2 Å². The molecule has 3 amide bonds. The van der Waals surface area contributed by atoms with Crippen LogP contribution in [0.2, 0.25) is 10.0 Å². The van der Waals surface area contributed by atoms with Crippen LogP contribution in [-0.4, -0.2) is 54.0 Å². The van der Waals surface area contributed by atoms with Gasteiger partial charge in [0.15, 0.2) is 0 Å². The van der Waals surface area contributed by atoms with Crippen LogP contribution in [0.3, 0.4) is 0 Å². The van der Waals surface area contributed by atoms with Crippen LogP contribution in [0.5, 0.6) is 0 Å². The molecule has 0 radical (unpaired) electrons. The summed E-state index contributed by atoms with van der Waals surface area (Å²) < 4.78 is 5.11. The van der Waals surface area contributed by atoms with E-state index in [2.05, 4.69) is 21.3 Å². The number of carboxylic acids is 1. The van der Waals surface area contributed by atoms with Crippen LogP contribution in [0.15, 0.2) is 41.0 Å². The lowest BCUT2D eigenvalue weighted by Crippen LogP contribution is -2.53. The first kappa shape index (κ1) is 27.3. The Morgan fingerprint density at radius 1 is 1.17 bits per heavy atom. The molecule has 1 aliphatic rings. The number of nitrogens with one attached hydrogen (secondary N) is 4. The number of carbonyl (C=O) groups is 4. The molecule has 5 N–H and O–H groups in total. The Morgan fingerprint density at radius 3 is 2.53 bits per heavy atom. The molecule has 0 unspecified atom stereocenters. The summed E-state index contributed by atoms with van der Waals surface area (Å²) in [4.78, 5) is 48.7. The van der Waals surface area contributed by atoms with E-state index in [1.165, 1.54) is 30.5 Å². The summed E-state index contributed by atoms with van der Waals surface area (Å²) >= 11 is 12.5. The minimum atomic E-state index is -1.39. The Labute approximate surface area is 217 Å². The molecule has 1 aromatic carbocycles. The molecule has 2 atom stereocenters. The Kier molecular flexibility index (Phi) is 9.92. The number of halogens is 2. The first-order valence-corrected chi connectivity index (χ1v) is 12.0. The van der Waals surface area contributed by atoms with Crippen LogP contribution in [0, 0.1) is 0 Å². The number of carbonyl (C=O) groups excluding carboxylic acids is 3. The van der Waals surface area contributed by atoms with Gasteiger partial charge in [-0.2, -0.15) is 0 Å². The lowest BCUT2D eigenvalue weighted by Gasteiger charge is -2.23. The van der Waals surface area contributed by atoms with E-state index in [9.17, 15) is 24.3 Å². The maximum Gasteiger partial charge on any atom is 0.328 e. The molecule has 2 aromatic rings. The molecule has 0 aliphatic carbocycles. The number of carboxylic acid groups (broad SMARTS) is 1. The van der Waals surface area contributed by atoms with Gasteiger partial charge in [-0.25, -0.2) is 4.79 Å². The highest BCUT2D eigenvalue weighted by molar-refractivity contribution is 6.39. The minimum absolute atomic E-state index is 0.0186. The number of amides is 3. The van der Waals surface area contributed by atoms with Gasteiger partial charge in [-0.05, 0) is 55.3 Å². The van der Waals surface area contributed by atoms with Gasteiger partial charge in [0.05, 0.1) is 27.9 Å². The molecular weight excluding hydrogens is 511 g/mol. The van der Waals surface area contributed by atoms with Crippen LogP contribution >= 0.6 is 23.2 Å². The van der Waals surface area contributed by atoms with Crippen molar-refractivity contribution in [3.8, 4) is 0 Å². The molecule has 3 rings (SSSR count). The summed E-state index contributed by atoms with van der Waals surface area (Å²) in [6.07, 6.45) is 6.85. The van der Waals surface area contributed by atoms with Crippen LogP contribution in [-0.2, 0) is 20.9 Å². The van der Waals surface area contributed by atoms with Gasteiger partial charge in [-0.15, -0.1) is 0 Å². The van der Waals surface area contributed by atoms with E-state index in [4.69, 9.17) is 27.6 Å². The monoisotopic (exact) mass is 536 g/mol. The van der Waals surface area contributed by atoms with Gasteiger partial charge in [0.25, 0.3) is 5.91 Å². The Hall–Kier alpha value is -3.34. The van der Waals surface area contributed by atoms with Crippen molar-refractivity contribution in [1.82, 2.24) is 21.3 Å². The fraction of sp³-hybridized carbons (Fsp3) is 0.333. The zero-order valence-electron chi connectivity index (χ0n) is 19.2. The van der Waals surface area contributed by atoms with Crippen molar-refractivity contribution in [1.29, 1.82) is 0 Å². The predicted molar refractivity (Wildman–Crippen MR) is 134 cm³/mol. The average molecular weight is 537 g/mol. The van der Waals surface area contributed by atoms with Crippen molar-refractivity contribution in [2.45, 2.75) is 37.9 Å². The number of rotatable bonds is 10. The molecule has 1 aliphatic heterocycles. The second kappa shape index (κ2) is 13.1. The summed E-state index contributed by atoms with van der Waals surface area (Å²) in [7, 11) is 0. The van der Waals surface area contributed by atoms with Crippen LogP contribution < -0.4 is 21.3 Å². The van der Waals surface area contributed by atoms with E-state index in [1.54, 1.807) is 12.1 Å². The Balaban J connectivity index is 1.57. The van der Waals surface area contributed by atoms with Crippen LogP contribution in [0.25, 0.3) is 6.08 Å². The third kappa shape index (κ3) is 7.84. The number of hydrogen-bond acceptors (Lipinski definition) is 6. The maximum atomic E-state index is 12.8. The standard InChI is InChI=1S/C24H26Cl2N4O6/c25-16-10-14(12-28-20(31)7-6-15-4-3-9-36-15)11-17(26)21(16)23(33)30-19(24(34)35)13-29-22(32)18-5-1-2-8-27-18/h3-4,6-7,9-11,18-19,27H,1-2,5,8,12-13H2,(H,28,31)(H,29,32)(H,30,33)(H,34,35)/t18-,19-/m0/s1. The van der Waals surface area contributed by atoms with Crippen LogP contribution in [0.1, 0.15) is 40.9 Å². The molecule has 1 saturated heterocycles. The summed E-state index contributed by atoms with van der Waals surface area (Å²) in [5, 5.41) is 20.1. The largest absolute Gasteiger partial charge is 0.480 e. The number of piperidine rings is 1. The molecule has 10 nitrogen and oxygen atoms in total. The second-order valence-electron chi connectivity index (χ2n) is 8.11.